The fraction of sp³-hybridized carbons (Fsp3) is 0.562. The van der Waals surface area contributed by atoms with E-state index in [4.69, 9.17) is 16.3 Å². The molecule has 0 amide bonds. The maximum absolute atomic E-state index is 11.9. The van der Waals surface area contributed by atoms with E-state index in [9.17, 15) is 9.90 Å². The number of hydrogen-bond donors (Lipinski definition) is 1. The minimum absolute atomic E-state index is 0.0758. The van der Waals surface area contributed by atoms with Crippen molar-refractivity contribution in [3.8, 4) is 5.75 Å². The van der Waals surface area contributed by atoms with Crippen molar-refractivity contribution in [2.45, 2.75) is 46.5 Å². The Bertz CT molecular complexity index is 469. The Kier molecular flexibility index (Phi) is 6.86. The maximum Gasteiger partial charge on any atom is 0.342 e. The number of alkyl halides is 1. The lowest BCUT2D eigenvalue weighted by atomic mass is 9.94. The van der Waals surface area contributed by atoms with Crippen molar-refractivity contribution in [2.75, 3.05) is 12.5 Å². The SMILES string of the molecule is CCOC(=O)c1c(C)cc(C)c(CCCCCCl)c1O. The molecule has 1 aromatic rings. The summed E-state index contributed by atoms with van der Waals surface area (Å²) >= 11 is 5.66. The van der Waals surface area contributed by atoms with Gasteiger partial charge in [0, 0.05) is 5.88 Å². The monoisotopic (exact) mass is 298 g/mol. The Morgan fingerprint density at radius 3 is 2.55 bits per heavy atom. The normalized spacial score (nSPS) is 10.6. The molecule has 0 saturated heterocycles. The molecule has 0 aliphatic carbocycles. The van der Waals surface area contributed by atoms with Crippen LogP contribution in [0.5, 0.6) is 5.75 Å². The number of aromatic hydroxyl groups is 1. The number of rotatable bonds is 7. The highest BCUT2D eigenvalue weighted by molar-refractivity contribution is 6.17. The first-order valence-electron chi connectivity index (χ1n) is 7.08. The second-order valence-electron chi connectivity index (χ2n) is 4.93. The van der Waals surface area contributed by atoms with Crippen molar-refractivity contribution in [2.24, 2.45) is 0 Å². The molecule has 0 heterocycles. The second kappa shape index (κ2) is 8.15. The minimum Gasteiger partial charge on any atom is -0.507 e. The molecule has 0 bridgehead atoms. The van der Waals surface area contributed by atoms with Gasteiger partial charge in [-0.05, 0) is 56.7 Å². The molecule has 20 heavy (non-hydrogen) atoms. The number of carbonyl (C=O) groups excluding carboxylic acids is 1. The van der Waals surface area contributed by atoms with Crippen LogP contribution >= 0.6 is 11.6 Å². The van der Waals surface area contributed by atoms with Crippen LogP contribution in [0.2, 0.25) is 0 Å². The van der Waals surface area contributed by atoms with Gasteiger partial charge in [-0.1, -0.05) is 12.5 Å². The Hall–Kier alpha value is -1.22. The molecule has 0 unspecified atom stereocenters. The van der Waals surface area contributed by atoms with Gasteiger partial charge in [0.25, 0.3) is 0 Å². The van der Waals surface area contributed by atoms with Crippen LogP contribution in [0.1, 0.15) is 53.2 Å². The maximum atomic E-state index is 11.9. The Labute approximate surface area is 125 Å². The number of carbonyl (C=O) groups is 1. The molecular weight excluding hydrogens is 276 g/mol. The molecule has 0 fully saturated rings. The number of benzene rings is 1. The summed E-state index contributed by atoms with van der Waals surface area (Å²) < 4.78 is 5.01. The van der Waals surface area contributed by atoms with Crippen LogP contribution in [0.4, 0.5) is 0 Å². The zero-order valence-corrected chi connectivity index (χ0v) is 13.2. The number of aryl methyl sites for hydroxylation is 2. The summed E-state index contributed by atoms with van der Waals surface area (Å²) in [5.74, 6) is 0.281. The molecule has 0 spiro atoms. The topological polar surface area (TPSA) is 46.5 Å². The summed E-state index contributed by atoms with van der Waals surface area (Å²) in [5.41, 5.74) is 2.90. The molecule has 0 aliphatic rings. The molecule has 0 saturated carbocycles. The van der Waals surface area contributed by atoms with E-state index in [1.165, 1.54) is 0 Å². The molecule has 1 aromatic carbocycles. The standard InChI is InChI=1S/C16H23ClO3/c1-4-20-16(19)14-12(3)10-11(2)13(15(14)18)8-6-5-7-9-17/h10,18H,4-9H2,1-3H3. The van der Waals surface area contributed by atoms with Crippen molar-refractivity contribution in [1.29, 1.82) is 0 Å². The summed E-state index contributed by atoms with van der Waals surface area (Å²) in [6.45, 7) is 5.83. The molecule has 3 nitrogen and oxygen atoms in total. The van der Waals surface area contributed by atoms with E-state index in [1.54, 1.807) is 6.92 Å². The van der Waals surface area contributed by atoms with E-state index in [2.05, 4.69) is 0 Å². The Morgan fingerprint density at radius 1 is 1.25 bits per heavy atom. The van der Waals surface area contributed by atoms with Gasteiger partial charge in [-0.3, -0.25) is 0 Å². The van der Waals surface area contributed by atoms with Crippen LogP contribution in [0, 0.1) is 13.8 Å². The average Bonchev–Trinajstić information content (AvgIpc) is 2.37. The predicted molar refractivity (Wildman–Crippen MR) is 81.8 cm³/mol. The van der Waals surface area contributed by atoms with Gasteiger partial charge in [0.15, 0.2) is 0 Å². The molecule has 4 heteroatoms. The van der Waals surface area contributed by atoms with Gasteiger partial charge >= 0.3 is 5.97 Å². The van der Waals surface area contributed by atoms with Crippen LogP contribution in [-0.4, -0.2) is 23.6 Å². The molecule has 0 radical (unpaired) electrons. The number of phenolic OH excluding ortho intramolecular Hbond substituents is 1. The average molecular weight is 299 g/mol. The summed E-state index contributed by atoms with van der Waals surface area (Å²) in [5, 5.41) is 10.4. The smallest absolute Gasteiger partial charge is 0.342 e. The first kappa shape index (κ1) is 16.8. The molecule has 0 aliphatic heterocycles. The van der Waals surface area contributed by atoms with Crippen molar-refractivity contribution in [3.63, 3.8) is 0 Å². The van der Waals surface area contributed by atoms with E-state index in [-0.39, 0.29) is 5.75 Å². The van der Waals surface area contributed by atoms with Gasteiger partial charge in [-0.25, -0.2) is 4.79 Å². The lowest BCUT2D eigenvalue weighted by molar-refractivity contribution is 0.0522. The van der Waals surface area contributed by atoms with Crippen LogP contribution in [0.25, 0.3) is 0 Å². The number of ether oxygens (including phenoxy) is 1. The Morgan fingerprint density at radius 2 is 1.95 bits per heavy atom. The van der Waals surface area contributed by atoms with Crippen molar-refractivity contribution < 1.29 is 14.6 Å². The van der Waals surface area contributed by atoms with E-state index >= 15 is 0 Å². The van der Waals surface area contributed by atoms with Crippen LogP contribution in [0.3, 0.4) is 0 Å². The van der Waals surface area contributed by atoms with E-state index < -0.39 is 5.97 Å². The van der Waals surface area contributed by atoms with Gasteiger partial charge in [-0.2, -0.15) is 0 Å². The third-order valence-electron chi connectivity index (χ3n) is 3.37. The zero-order valence-electron chi connectivity index (χ0n) is 12.5. The fourth-order valence-corrected chi connectivity index (χ4v) is 2.55. The van der Waals surface area contributed by atoms with Crippen LogP contribution < -0.4 is 0 Å². The van der Waals surface area contributed by atoms with Crippen LogP contribution in [-0.2, 0) is 11.2 Å². The second-order valence-corrected chi connectivity index (χ2v) is 5.31. The summed E-state index contributed by atoms with van der Waals surface area (Å²) in [4.78, 5) is 11.9. The highest BCUT2D eigenvalue weighted by Gasteiger charge is 2.20. The number of hydrogen-bond acceptors (Lipinski definition) is 3. The summed E-state index contributed by atoms with van der Waals surface area (Å²) in [6, 6.07) is 1.93. The van der Waals surface area contributed by atoms with Gasteiger partial charge in [0.05, 0.1) is 6.61 Å². The number of unbranched alkanes of at least 4 members (excludes halogenated alkanes) is 2. The fourth-order valence-electron chi connectivity index (χ4n) is 2.36. The third kappa shape index (κ3) is 4.14. The summed E-state index contributed by atoms with van der Waals surface area (Å²) in [6.07, 6.45) is 3.69. The van der Waals surface area contributed by atoms with E-state index in [0.29, 0.717) is 18.1 Å². The van der Waals surface area contributed by atoms with E-state index in [1.807, 2.05) is 19.9 Å². The Balaban J connectivity index is 3.00. The largest absolute Gasteiger partial charge is 0.507 e. The van der Waals surface area contributed by atoms with Crippen molar-refractivity contribution in [1.82, 2.24) is 0 Å². The number of halogens is 1. The third-order valence-corrected chi connectivity index (χ3v) is 3.63. The lowest BCUT2D eigenvalue weighted by Crippen LogP contribution is -2.09. The lowest BCUT2D eigenvalue weighted by Gasteiger charge is -2.15. The first-order chi connectivity index (χ1) is 9.52. The molecule has 112 valence electrons. The van der Waals surface area contributed by atoms with Gasteiger partial charge in [-0.15, -0.1) is 11.6 Å². The van der Waals surface area contributed by atoms with E-state index in [0.717, 1.165) is 42.4 Å². The highest BCUT2D eigenvalue weighted by atomic mass is 35.5. The summed E-state index contributed by atoms with van der Waals surface area (Å²) in [7, 11) is 0. The van der Waals surface area contributed by atoms with Gasteiger partial charge in [0.2, 0.25) is 0 Å². The molecule has 1 N–H and O–H groups in total. The number of phenols is 1. The molecule has 1 rings (SSSR count). The molecule has 0 atom stereocenters. The highest BCUT2D eigenvalue weighted by Crippen LogP contribution is 2.31. The zero-order chi connectivity index (χ0) is 15.1. The van der Waals surface area contributed by atoms with Crippen molar-refractivity contribution >= 4 is 17.6 Å². The van der Waals surface area contributed by atoms with Gasteiger partial charge < -0.3 is 9.84 Å². The van der Waals surface area contributed by atoms with Crippen LogP contribution in [0.15, 0.2) is 6.07 Å². The number of esters is 1. The quantitative estimate of drug-likeness (QED) is 0.467. The van der Waals surface area contributed by atoms with Crippen molar-refractivity contribution in [3.05, 3.63) is 28.3 Å². The predicted octanol–water partition coefficient (Wildman–Crippen LogP) is 4.14. The minimum atomic E-state index is -0.454. The van der Waals surface area contributed by atoms with Gasteiger partial charge in [0.1, 0.15) is 11.3 Å². The first-order valence-corrected chi connectivity index (χ1v) is 7.61. The molecule has 0 aromatic heterocycles. The molecular formula is C16H23ClO3.